The summed E-state index contributed by atoms with van der Waals surface area (Å²) in [6.07, 6.45) is -4.84. The van der Waals surface area contributed by atoms with Crippen molar-refractivity contribution in [2.75, 3.05) is 14.2 Å². The van der Waals surface area contributed by atoms with E-state index in [-0.39, 0.29) is 29.3 Å². The third-order valence-corrected chi connectivity index (χ3v) is 4.93. The molecule has 0 fully saturated rings. The molecule has 0 aromatic heterocycles. The van der Waals surface area contributed by atoms with Gasteiger partial charge < -0.3 is 19.7 Å². The Balaban J connectivity index is 2.33. The number of aryl methyl sites for hydroxylation is 1. The average molecular weight is 563 g/mol. The number of ether oxygens (including phenoxy) is 1. The van der Waals surface area contributed by atoms with Crippen molar-refractivity contribution in [3.63, 3.8) is 0 Å². The van der Waals surface area contributed by atoms with Gasteiger partial charge in [0, 0.05) is 27.3 Å². The van der Waals surface area contributed by atoms with Gasteiger partial charge in [0.1, 0.15) is 19.5 Å². The van der Waals surface area contributed by atoms with Gasteiger partial charge in [-0.15, -0.1) is 13.2 Å². The first-order chi connectivity index (χ1) is 15.1. The highest BCUT2D eigenvalue weighted by Gasteiger charge is 2.32. The first-order valence-corrected chi connectivity index (χ1v) is 10.3. The molecule has 11 heteroatoms. The van der Waals surface area contributed by atoms with Crippen LogP contribution in [0.1, 0.15) is 29.2 Å². The Labute approximate surface area is 196 Å². The molecule has 2 aromatic rings. The van der Waals surface area contributed by atoms with Crippen LogP contribution < -0.4 is 10.1 Å². The normalized spacial score (nSPS) is 12.4. The maximum absolute atomic E-state index is 12.8. The van der Waals surface area contributed by atoms with E-state index >= 15 is 0 Å². The summed E-state index contributed by atoms with van der Waals surface area (Å²) in [5, 5.41) is 10.3. The molecule has 32 heavy (non-hydrogen) atoms. The van der Waals surface area contributed by atoms with Crippen LogP contribution in [0.25, 0.3) is 0 Å². The van der Waals surface area contributed by atoms with Gasteiger partial charge in [-0.25, -0.2) is 0 Å². The first-order valence-electron chi connectivity index (χ1n) is 9.21. The number of rotatable bonds is 8. The number of carbonyl (C=O) groups excluding carboxylic acids is 1. The zero-order valence-corrected chi connectivity index (χ0v) is 19.9. The lowest BCUT2D eigenvalue weighted by Crippen LogP contribution is -2.29. The highest BCUT2D eigenvalue weighted by atomic mass is 127. The predicted octanol–water partition coefficient (Wildman–Crippen LogP) is 4.54. The minimum Gasteiger partial charge on any atom is -0.405 e. The Morgan fingerprint density at radius 3 is 2.50 bits per heavy atom. The lowest BCUT2D eigenvalue weighted by atomic mass is 9.98. The van der Waals surface area contributed by atoms with Gasteiger partial charge in [0.2, 0.25) is 0 Å². The molecule has 2 aromatic carbocycles. The van der Waals surface area contributed by atoms with E-state index in [4.69, 9.17) is 9.68 Å². The van der Waals surface area contributed by atoms with Crippen LogP contribution >= 0.6 is 22.6 Å². The molecule has 0 heterocycles. The topological polar surface area (TPSA) is 81.5 Å². The molecular formula is C21H21F3IN3O4. The molecule has 0 unspecified atom stereocenters. The second kappa shape index (κ2) is 11.2. The van der Waals surface area contributed by atoms with Crippen LogP contribution in [-0.2, 0) is 21.1 Å². The standard InChI is InChI=1S/C21H21F3IN3O4/c1-12-6-5-7-16(19(28-30-4)20(29)26-3)17(12)11-31-27-13(2)15-9-8-14(25)10-18(15)32-21(22,23)24/h5-10H,11H2,1-4H3,(H,26,29)/b27-13+,28-19+. The van der Waals surface area contributed by atoms with Gasteiger partial charge >= 0.3 is 6.36 Å². The molecule has 0 aliphatic rings. The summed E-state index contributed by atoms with van der Waals surface area (Å²) in [5.74, 6) is -0.828. The van der Waals surface area contributed by atoms with Gasteiger partial charge in [-0.3, -0.25) is 4.79 Å². The second-order valence-electron chi connectivity index (χ2n) is 6.44. The molecular weight excluding hydrogens is 542 g/mol. The summed E-state index contributed by atoms with van der Waals surface area (Å²) < 4.78 is 43.0. The van der Waals surface area contributed by atoms with Crippen molar-refractivity contribution in [1.82, 2.24) is 5.32 Å². The SMILES string of the molecule is CNC(=O)/C(=N/OC)c1cccc(C)c1CO/N=C(\C)c1ccc(I)cc1OC(F)(F)F. The molecule has 1 N–H and O–H groups in total. The maximum atomic E-state index is 12.8. The summed E-state index contributed by atoms with van der Waals surface area (Å²) in [7, 11) is 2.79. The van der Waals surface area contributed by atoms with E-state index in [2.05, 4.69) is 20.4 Å². The third kappa shape index (κ3) is 6.84. The lowest BCUT2D eigenvalue weighted by Gasteiger charge is -2.14. The predicted molar refractivity (Wildman–Crippen MR) is 122 cm³/mol. The van der Waals surface area contributed by atoms with Gasteiger partial charge in [0.05, 0.1) is 5.71 Å². The van der Waals surface area contributed by atoms with Gasteiger partial charge in [-0.1, -0.05) is 28.5 Å². The van der Waals surface area contributed by atoms with Crippen molar-refractivity contribution in [2.24, 2.45) is 10.3 Å². The number of oxime groups is 2. The average Bonchev–Trinajstić information content (AvgIpc) is 2.71. The Kier molecular flexibility index (Phi) is 8.87. The largest absolute Gasteiger partial charge is 0.573 e. The number of benzene rings is 2. The number of hydrogen-bond acceptors (Lipinski definition) is 6. The van der Waals surface area contributed by atoms with E-state index in [0.717, 1.165) is 5.56 Å². The van der Waals surface area contributed by atoms with Crippen molar-refractivity contribution >= 4 is 39.9 Å². The first kappa shape index (κ1) is 25.4. The Bertz CT molecular complexity index is 1040. The van der Waals surface area contributed by atoms with Crippen LogP contribution in [0.4, 0.5) is 13.2 Å². The quantitative estimate of drug-likeness (QED) is 0.291. The van der Waals surface area contributed by atoms with Crippen molar-refractivity contribution in [2.45, 2.75) is 26.8 Å². The molecule has 0 aliphatic carbocycles. The fourth-order valence-electron chi connectivity index (χ4n) is 2.79. The second-order valence-corrected chi connectivity index (χ2v) is 7.69. The molecule has 0 saturated heterocycles. The smallest absolute Gasteiger partial charge is 0.405 e. The van der Waals surface area contributed by atoms with Crippen LogP contribution in [-0.4, -0.2) is 37.9 Å². The number of likely N-dealkylation sites (N-methyl/N-ethyl adjacent to an activating group) is 1. The van der Waals surface area contributed by atoms with Crippen molar-refractivity contribution in [3.8, 4) is 5.75 Å². The number of carbonyl (C=O) groups is 1. The minimum atomic E-state index is -4.84. The fourth-order valence-corrected chi connectivity index (χ4v) is 3.25. The molecule has 0 spiro atoms. The summed E-state index contributed by atoms with van der Waals surface area (Å²) in [5.41, 5.74) is 2.29. The van der Waals surface area contributed by atoms with E-state index in [1.165, 1.54) is 33.2 Å². The van der Waals surface area contributed by atoms with E-state index in [1.807, 2.05) is 35.6 Å². The summed E-state index contributed by atoms with van der Waals surface area (Å²) in [6, 6.07) is 9.63. The van der Waals surface area contributed by atoms with Crippen LogP contribution in [0.2, 0.25) is 0 Å². The van der Waals surface area contributed by atoms with Crippen LogP contribution in [0.15, 0.2) is 46.7 Å². The monoisotopic (exact) mass is 563 g/mol. The zero-order chi connectivity index (χ0) is 23.9. The molecule has 0 radical (unpaired) electrons. The number of nitrogens with one attached hydrogen (secondary N) is 1. The highest BCUT2D eigenvalue weighted by molar-refractivity contribution is 14.1. The Morgan fingerprint density at radius 1 is 1.16 bits per heavy atom. The minimum absolute atomic E-state index is 0.0523. The van der Waals surface area contributed by atoms with Gasteiger partial charge in [0.15, 0.2) is 5.71 Å². The molecule has 2 rings (SSSR count). The van der Waals surface area contributed by atoms with Crippen molar-refractivity contribution < 1.29 is 32.4 Å². The summed E-state index contributed by atoms with van der Waals surface area (Å²) in [6.45, 7) is 3.27. The Morgan fingerprint density at radius 2 is 1.88 bits per heavy atom. The molecule has 0 aliphatic heterocycles. The van der Waals surface area contributed by atoms with Crippen LogP contribution in [0.5, 0.6) is 5.75 Å². The van der Waals surface area contributed by atoms with E-state index in [9.17, 15) is 18.0 Å². The fraction of sp³-hybridized carbons (Fsp3) is 0.286. The maximum Gasteiger partial charge on any atom is 0.573 e. The van der Waals surface area contributed by atoms with Gasteiger partial charge in [0.25, 0.3) is 5.91 Å². The van der Waals surface area contributed by atoms with Gasteiger partial charge in [-0.05, 0) is 60.2 Å². The third-order valence-electron chi connectivity index (χ3n) is 4.26. The number of nitrogens with zero attached hydrogens (tertiary/aromatic N) is 2. The number of halogens is 4. The number of amides is 1. The Hall–Kier alpha value is -2.83. The van der Waals surface area contributed by atoms with Gasteiger partial charge in [-0.2, -0.15) is 0 Å². The summed E-state index contributed by atoms with van der Waals surface area (Å²) >= 11 is 1.89. The summed E-state index contributed by atoms with van der Waals surface area (Å²) in [4.78, 5) is 22.4. The molecule has 172 valence electrons. The molecule has 1 amide bonds. The molecule has 7 nitrogen and oxygen atoms in total. The van der Waals surface area contributed by atoms with E-state index < -0.39 is 12.3 Å². The zero-order valence-electron chi connectivity index (χ0n) is 17.7. The van der Waals surface area contributed by atoms with Crippen LogP contribution in [0.3, 0.4) is 0 Å². The van der Waals surface area contributed by atoms with E-state index in [1.54, 1.807) is 18.2 Å². The molecule has 0 bridgehead atoms. The van der Waals surface area contributed by atoms with Crippen LogP contribution in [0, 0.1) is 10.5 Å². The highest BCUT2D eigenvalue weighted by Crippen LogP contribution is 2.29. The number of hydrogen-bond donors (Lipinski definition) is 1. The lowest BCUT2D eigenvalue weighted by molar-refractivity contribution is -0.274. The number of alkyl halides is 3. The van der Waals surface area contributed by atoms with Crippen molar-refractivity contribution in [1.29, 1.82) is 0 Å². The van der Waals surface area contributed by atoms with E-state index in [0.29, 0.717) is 14.7 Å². The van der Waals surface area contributed by atoms with Crippen molar-refractivity contribution in [3.05, 3.63) is 62.2 Å². The molecule has 0 saturated carbocycles. The molecule has 0 atom stereocenters.